The van der Waals surface area contributed by atoms with E-state index in [0.29, 0.717) is 16.1 Å². The number of hydrogen-bond donors (Lipinski definition) is 3. The number of halogens is 4. The lowest BCUT2D eigenvalue weighted by molar-refractivity contribution is 0.242. The summed E-state index contributed by atoms with van der Waals surface area (Å²) in [6.07, 6.45) is 0. The third-order valence-corrected chi connectivity index (χ3v) is 3.69. The third-order valence-electron chi connectivity index (χ3n) is 3.47. The first-order chi connectivity index (χ1) is 10.8. The van der Waals surface area contributed by atoms with E-state index in [4.69, 9.17) is 11.6 Å². The van der Waals surface area contributed by atoms with Crippen molar-refractivity contribution in [3.63, 3.8) is 0 Å². The van der Waals surface area contributed by atoms with Crippen LogP contribution in [0.1, 0.15) is 22.7 Å². The van der Waals surface area contributed by atoms with Gasteiger partial charge in [0.1, 0.15) is 5.75 Å². The quantitative estimate of drug-likeness (QED) is 0.726. The number of benzene rings is 2. The van der Waals surface area contributed by atoms with Crippen LogP contribution in [0.25, 0.3) is 0 Å². The molecule has 2 rings (SSSR count). The first-order valence-electron chi connectivity index (χ1n) is 6.80. The van der Waals surface area contributed by atoms with Crippen LogP contribution in [0, 0.1) is 24.4 Å². The zero-order valence-electron chi connectivity index (χ0n) is 12.2. The van der Waals surface area contributed by atoms with Gasteiger partial charge in [0.05, 0.1) is 12.6 Å². The summed E-state index contributed by atoms with van der Waals surface area (Å²) in [5, 5.41) is 22.6. The monoisotopic (exact) mass is 345 g/mol. The van der Waals surface area contributed by atoms with Gasteiger partial charge in [0.15, 0.2) is 17.5 Å². The summed E-state index contributed by atoms with van der Waals surface area (Å²) in [5.74, 6) is -4.19. The first kappa shape index (κ1) is 17.6. The van der Waals surface area contributed by atoms with E-state index in [1.165, 1.54) is 6.07 Å². The van der Waals surface area contributed by atoms with Crippen molar-refractivity contribution in [1.29, 1.82) is 0 Å². The predicted molar refractivity (Wildman–Crippen MR) is 80.8 cm³/mol. The SMILES string of the molecule is Cc1cc(Cl)cc(CNC(CO)c2cc(F)c(F)c(F)c2)c1O. The number of nitrogens with one attached hydrogen (secondary N) is 1. The van der Waals surface area contributed by atoms with Gasteiger partial charge in [-0.3, -0.25) is 0 Å². The lowest BCUT2D eigenvalue weighted by Gasteiger charge is -2.18. The Bertz CT molecular complexity index is 702. The van der Waals surface area contributed by atoms with Gasteiger partial charge in [-0.2, -0.15) is 0 Å². The highest BCUT2D eigenvalue weighted by molar-refractivity contribution is 6.30. The number of aromatic hydroxyl groups is 1. The molecule has 2 aromatic rings. The maximum atomic E-state index is 13.3. The highest BCUT2D eigenvalue weighted by atomic mass is 35.5. The molecular formula is C16H15ClF3NO2. The van der Waals surface area contributed by atoms with E-state index in [1.54, 1.807) is 13.0 Å². The Morgan fingerprint density at radius 1 is 1.13 bits per heavy atom. The molecule has 0 saturated heterocycles. The van der Waals surface area contributed by atoms with Crippen molar-refractivity contribution >= 4 is 11.6 Å². The second kappa shape index (κ2) is 7.21. The second-order valence-electron chi connectivity index (χ2n) is 5.15. The second-order valence-corrected chi connectivity index (χ2v) is 5.58. The molecule has 0 bridgehead atoms. The Morgan fingerprint density at radius 3 is 2.30 bits per heavy atom. The summed E-state index contributed by atoms with van der Waals surface area (Å²) in [6, 6.07) is 3.93. The fourth-order valence-corrected chi connectivity index (χ4v) is 2.53. The molecule has 0 aromatic heterocycles. The molecule has 2 aromatic carbocycles. The number of phenols is 1. The molecule has 0 amide bonds. The smallest absolute Gasteiger partial charge is 0.194 e. The molecule has 0 fully saturated rings. The molecule has 3 nitrogen and oxygen atoms in total. The Hall–Kier alpha value is -1.76. The first-order valence-corrected chi connectivity index (χ1v) is 7.18. The van der Waals surface area contributed by atoms with E-state index in [0.717, 1.165) is 12.1 Å². The lowest BCUT2D eigenvalue weighted by atomic mass is 10.1. The van der Waals surface area contributed by atoms with Crippen LogP contribution < -0.4 is 5.32 Å². The summed E-state index contributed by atoms with van der Waals surface area (Å²) >= 11 is 5.92. The maximum Gasteiger partial charge on any atom is 0.194 e. The number of aliphatic hydroxyl groups excluding tert-OH is 1. The molecule has 0 aliphatic rings. The molecule has 1 atom stereocenters. The van der Waals surface area contributed by atoms with Crippen LogP contribution in [0.15, 0.2) is 24.3 Å². The largest absolute Gasteiger partial charge is 0.507 e. The summed E-state index contributed by atoms with van der Waals surface area (Å²) < 4.78 is 39.6. The predicted octanol–water partition coefficient (Wildman–Crippen LogP) is 3.59. The molecule has 0 aliphatic carbocycles. The van der Waals surface area contributed by atoms with Crippen LogP contribution in [0.4, 0.5) is 13.2 Å². The van der Waals surface area contributed by atoms with Crippen molar-refractivity contribution in [2.45, 2.75) is 19.5 Å². The fourth-order valence-electron chi connectivity index (χ4n) is 2.24. The zero-order chi connectivity index (χ0) is 17.1. The van der Waals surface area contributed by atoms with E-state index >= 15 is 0 Å². The number of aliphatic hydroxyl groups is 1. The highest BCUT2D eigenvalue weighted by Crippen LogP contribution is 2.27. The van der Waals surface area contributed by atoms with Crippen molar-refractivity contribution in [2.75, 3.05) is 6.61 Å². The number of phenolic OH excluding ortho intramolecular Hbond substituents is 1. The molecule has 7 heteroatoms. The van der Waals surface area contributed by atoms with Gasteiger partial charge in [0.2, 0.25) is 0 Å². The summed E-state index contributed by atoms with van der Waals surface area (Å²) in [7, 11) is 0. The topological polar surface area (TPSA) is 52.5 Å². The Labute approximate surface area is 136 Å². The van der Waals surface area contributed by atoms with Gasteiger partial charge in [-0.25, -0.2) is 13.2 Å². The summed E-state index contributed by atoms with van der Waals surface area (Å²) in [6.45, 7) is 1.31. The minimum absolute atomic E-state index is 0.0371. The van der Waals surface area contributed by atoms with Gasteiger partial charge < -0.3 is 15.5 Å². The van der Waals surface area contributed by atoms with Crippen molar-refractivity contribution < 1.29 is 23.4 Å². The van der Waals surface area contributed by atoms with Crippen LogP contribution in [0.3, 0.4) is 0 Å². The standard InChI is InChI=1S/C16H15ClF3NO2/c1-8-2-11(17)3-10(16(8)23)6-21-14(7-22)9-4-12(18)15(20)13(19)5-9/h2-5,14,21-23H,6-7H2,1H3. The van der Waals surface area contributed by atoms with Crippen LogP contribution in [-0.2, 0) is 6.54 Å². The lowest BCUT2D eigenvalue weighted by Crippen LogP contribution is -2.24. The maximum absolute atomic E-state index is 13.3. The molecule has 0 aliphatic heterocycles. The minimum Gasteiger partial charge on any atom is -0.507 e. The third kappa shape index (κ3) is 3.96. The molecule has 0 heterocycles. The normalized spacial score (nSPS) is 12.4. The molecule has 3 N–H and O–H groups in total. The summed E-state index contributed by atoms with van der Waals surface area (Å²) in [4.78, 5) is 0. The molecular weight excluding hydrogens is 331 g/mol. The van der Waals surface area contributed by atoms with Gasteiger partial charge in [0.25, 0.3) is 0 Å². The van der Waals surface area contributed by atoms with E-state index in [9.17, 15) is 23.4 Å². The van der Waals surface area contributed by atoms with Crippen molar-refractivity contribution in [2.24, 2.45) is 0 Å². The van der Waals surface area contributed by atoms with Crippen molar-refractivity contribution in [3.8, 4) is 5.75 Å². The summed E-state index contributed by atoms with van der Waals surface area (Å²) in [5.41, 5.74) is 1.10. The molecule has 124 valence electrons. The number of hydrogen-bond acceptors (Lipinski definition) is 3. The zero-order valence-corrected chi connectivity index (χ0v) is 13.0. The van der Waals surface area contributed by atoms with E-state index in [2.05, 4.69) is 5.32 Å². The Morgan fingerprint density at radius 2 is 1.74 bits per heavy atom. The average molecular weight is 346 g/mol. The van der Waals surface area contributed by atoms with E-state index in [1.807, 2.05) is 0 Å². The van der Waals surface area contributed by atoms with Gasteiger partial charge in [0, 0.05) is 17.1 Å². The van der Waals surface area contributed by atoms with Gasteiger partial charge in [-0.15, -0.1) is 0 Å². The van der Waals surface area contributed by atoms with Crippen molar-refractivity contribution in [1.82, 2.24) is 5.32 Å². The molecule has 23 heavy (non-hydrogen) atoms. The average Bonchev–Trinajstić information content (AvgIpc) is 2.49. The van der Waals surface area contributed by atoms with Crippen molar-refractivity contribution in [3.05, 3.63) is 63.4 Å². The van der Waals surface area contributed by atoms with Gasteiger partial charge >= 0.3 is 0 Å². The van der Waals surface area contributed by atoms with Crippen LogP contribution in [-0.4, -0.2) is 16.8 Å². The van der Waals surface area contributed by atoms with Crippen LogP contribution >= 0.6 is 11.6 Å². The molecule has 0 saturated carbocycles. The number of aryl methyl sites for hydroxylation is 1. The minimum atomic E-state index is -1.56. The molecule has 0 radical (unpaired) electrons. The Balaban J connectivity index is 2.21. The molecule has 1 unspecified atom stereocenters. The van der Waals surface area contributed by atoms with Gasteiger partial charge in [-0.1, -0.05) is 11.6 Å². The molecule has 0 spiro atoms. The van der Waals surface area contributed by atoms with Gasteiger partial charge in [-0.05, 0) is 42.3 Å². The van der Waals surface area contributed by atoms with E-state index < -0.39 is 30.1 Å². The highest BCUT2D eigenvalue weighted by Gasteiger charge is 2.17. The van der Waals surface area contributed by atoms with E-state index in [-0.39, 0.29) is 17.9 Å². The Kier molecular flexibility index (Phi) is 5.51. The number of rotatable bonds is 5. The van der Waals surface area contributed by atoms with Crippen LogP contribution in [0.5, 0.6) is 5.75 Å². The van der Waals surface area contributed by atoms with Crippen LogP contribution in [0.2, 0.25) is 5.02 Å². The fraction of sp³-hybridized carbons (Fsp3) is 0.250.